The minimum absolute atomic E-state index is 0.104. The van der Waals surface area contributed by atoms with Crippen molar-refractivity contribution in [2.45, 2.75) is 0 Å². The summed E-state index contributed by atoms with van der Waals surface area (Å²) in [7, 11) is 0. The van der Waals surface area contributed by atoms with Crippen LogP contribution < -0.4 is 5.73 Å². The third kappa shape index (κ3) is 2.13. The Morgan fingerprint density at radius 3 is 2.81 bits per heavy atom. The number of pyridine rings is 1. The molecule has 0 fully saturated rings. The lowest BCUT2D eigenvalue weighted by molar-refractivity contribution is 0.103. The number of fused-ring (bicyclic) bond motifs is 1. The molecule has 0 amide bonds. The van der Waals surface area contributed by atoms with Crippen LogP contribution in [0.4, 0.5) is 14.5 Å². The number of nitrogens with one attached hydrogen (secondary N) is 1. The average Bonchev–Trinajstić information content (AvgIpc) is 2.87. The lowest BCUT2D eigenvalue weighted by Gasteiger charge is -2.05. The summed E-state index contributed by atoms with van der Waals surface area (Å²) in [5.41, 5.74) is 4.95. The van der Waals surface area contributed by atoms with E-state index in [1.807, 2.05) is 0 Å². The van der Waals surface area contributed by atoms with Gasteiger partial charge in [-0.15, -0.1) is 0 Å². The zero-order valence-electron chi connectivity index (χ0n) is 10.5. The Morgan fingerprint density at radius 2 is 2.05 bits per heavy atom. The molecule has 21 heavy (non-hydrogen) atoms. The lowest BCUT2D eigenvalue weighted by Crippen LogP contribution is -2.07. The van der Waals surface area contributed by atoms with Gasteiger partial charge in [-0.2, -0.15) is 0 Å². The fourth-order valence-electron chi connectivity index (χ4n) is 2.12. The molecule has 3 aromatic rings. The molecular weight excluding hydrogens is 300 g/mol. The van der Waals surface area contributed by atoms with Crippen LogP contribution >= 0.6 is 11.6 Å². The molecule has 0 aliphatic heterocycles. The maximum Gasteiger partial charge on any atom is 0.198 e. The Labute approximate surface area is 122 Å². The molecular formula is C14H8ClF2N3O. The van der Waals surface area contributed by atoms with Gasteiger partial charge in [0.25, 0.3) is 0 Å². The topological polar surface area (TPSA) is 71.8 Å². The summed E-state index contributed by atoms with van der Waals surface area (Å²) in [4.78, 5) is 19.2. The number of halogens is 3. The number of rotatable bonds is 2. The summed E-state index contributed by atoms with van der Waals surface area (Å²) in [5.74, 6) is -2.48. The molecule has 0 saturated heterocycles. The van der Waals surface area contributed by atoms with E-state index in [-0.39, 0.29) is 10.6 Å². The van der Waals surface area contributed by atoms with E-state index in [4.69, 9.17) is 17.3 Å². The summed E-state index contributed by atoms with van der Waals surface area (Å²) in [6.45, 7) is 0. The van der Waals surface area contributed by atoms with Crippen molar-refractivity contribution in [2.75, 3.05) is 5.73 Å². The molecule has 3 rings (SSSR count). The summed E-state index contributed by atoms with van der Waals surface area (Å²) in [6.07, 6.45) is 2.82. The highest BCUT2D eigenvalue weighted by Gasteiger charge is 2.22. The summed E-state index contributed by atoms with van der Waals surface area (Å²) in [5, 5.41) is 0.640. The number of aromatic nitrogens is 2. The van der Waals surface area contributed by atoms with Gasteiger partial charge < -0.3 is 10.7 Å². The van der Waals surface area contributed by atoms with E-state index < -0.39 is 28.7 Å². The fourth-order valence-corrected chi connectivity index (χ4v) is 2.36. The molecule has 2 aromatic heterocycles. The second kappa shape index (κ2) is 4.82. The fraction of sp³-hybridized carbons (Fsp3) is 0. The van der Waals surface area contributed by atoms with Gasteiger partial charge in [-0.05, 0) is 18.2 Å². The predicted octanol–water partition coefficient (Wildman–Crippen LogP) is 3.31. The van der Waals surface area contributed by atoms with E-state index in [0.717, 1.165) is 12.1 Å². The number of H-pyrrole nitrogens is 1. The first kappa shape index (κ1) is 13.5. The maximum atomic E-state index is 14.0. The molecule has 3 N–H and O–H groups in total. The maximum absolute atomic E-state index is 14.0. The molecule has 2 heterocycles. The van der Waals surface area contributed by atoms with Crippen LogP contribution in [0.2, 0.25) is 5.02 Å². The third-order valence-electron chi connectivity index (χ3n) is 3.08. The molecule has 0 bridgehead atoms. The number of hydrogen-bond acceptors (Lipinski definition) is 3. The molecule has 106 valence electrons. The van der Waals surface area contributed by atoms with Crippen molar-refractivity contribution >= 4 is 34.1 Å². The number of hydrogen-bond donors (Lipinski definition) is 2. The van der Waals surface area contributed by atoms with Gasteiger partial charge >= 0.3 is 0 Å². The Bertz CT molecular complexity index is 876. The number of benzene rings is 1. The number of nitrogens with zero attached hydrogens (tertiary/aromatic N) is 1. The molecule has 4 nitrogen and oxygen atoms in total. The van der Waals surface area contributed by atoms with Crippen molar-refractivity contribution in [3.8, 4) is 0 Å². The Balaban J connectivity index is 2.22. The van der Waals surface area contributed by atoms with Crippen LogP contribution in [0.3, 0.4) is 0 Å². The second-order valence-corrected chi connectivity index (χ2v) is 4.81. The highest BCUT2D eigenvalue weighted by molar-refractivity contribution is 6.37. The SMILES string of the molecule is Nc1cc(F)cc(C(=O)c2c[nH]c3nccc(Cl)c23)c1F. The molecule has 0 aliphatic rings. The number of carbonyl (C=O) groups excluding carboxylic acids is 1. The van der Waals surface area contributed by atoms with E-state index in [1.54, 1.807) is 0 Å². The van der Waals surface area contributed by atoms with Crippen molar-refractivity contribution in [1.29, 1.82) is 0 Å². The lowest BCUT2D eigenvalue weighted by atomic mass is 10.0. The summed E-state index contributed by atoms with van der Waals surface area (Å²) >= 11 is 6.03. The van der Waals surface area contributed by atoms with Crippen molar-refractivity contribution in [3.63, 3.8) is 0 Å². The second-order valence-electron chi connectivity index (χ2n) is 4.40. The van der Waals surface area contributed by atoms with Crippen molar-refractivity contribution < 1.29 is 13.6 Å². The van der Waals surface area contributed by atoms with Crippen LogP contribution in [-0.2, 0) is 0 Å². The molecule has 0 spiro atoms. The summed E-state index contributed by atoms with van der Waals surface area (Å²) < 4.78 is 27.3. The Hall–Kier alpha value is -2.47. The van der Waals surface area contributed by atoms with Crippen molar-refractivity contribution in [1.82, 2.24) is 9.97 Å². The van der Waals surface area contributed by atoms with Gasteiger partial charge in [-0.1, -0.05) is 11.6 Å². The minimum atomic E-state index is -0.962. The zero-order chi connectivity index (χ0) is 15.1. The van der Waals surface area contributed by atoms with Gasteiger partial charge in [0, 0.05) is 17.8 Å². The molecule has 1 aromatic carbocycles. The zero-order valence-corrected chi connectivity index (χ0v) is 11.2. The molecule has 0 atom stereocenters. The first-order valence-corrected chi connectivity index (χ1v) is 6.27. The normalized spacial score (nSPS) is 11.0. The van der Waals surface area contributed by atoms with Gasteiger partial charge in [0.1, 0.15) is 11.5 Å². The highest BCUT2D eigenvalue weighted by atomic mass is 35.5. The van der Waals surface area contributed by atoms with Gasteiger partial charge in [0.05, 0.1) is 21.8 Å². The van der Waals surface area contributed by atoms with Crippen LogP contribution in [0, 0.1) is 11.6 Å². The molecule has 7 heteroatoms. The van der Waals surface area contributed by atoms with E-state index in [1.165, 1.54) is 18.5 Å². The Kier molecular flexibility index (Phi) is 3.10. The number of carbonyl (C=O) groups is 1. The summed E-state index contributed by atoms with van der Waals surface area (Å²) in [6, 6.07) is 3.12. The molecule has 0 aliphatic carbocycles. The predicted molar refractivity (Wildman–Crippen MR) is 75.3 cm³/mol. The van der Waals surface area contributed by atoms with Crippen LogP contribution in [-0.4, -0.2) is 15.8 Å². The van der Waals surface area contributed by atoms with Crippen molar-refractivity contribution in [3.05, 3.63) is 58.4 Å². The number of nitrogen functional groups attached to an aromatic ring is 1. The number of anilines is 1. The van der Waals surface area contributed by atoms with E-state index in [2.05, 4.69) is 9.97 Å². The third-order valence-corrected chi connectivity index (χ3v) is 3.39. The number of ketones is 1. The van der Waals surface area contributed by atoms with E-state index >= 15 is 0 Å². The van der Waals surface area contributed by atoms with Crippen LogP contribution in [0.15, 0.2) is 30.6 Å². The smallest absolute Gasteiger partial charge is 0.198 e. The van der Waals surface area contributed by atoms with Gasteiger partial charge in [0.2, 0.25) is 0 Å². The van der Waals surface area contributed by atoms with Gasteiger partial charge in [-0.25, -0.2) is 13.8 Å². The quantitative estimate of drug-likeness (QED) is 0.563. The standard InChI is InChI=1S/C14H8ClF2N3O/c15-9-1-2-19-14-11(9)8(5-20-14)13(21)7-3-6(16)4-10(18)12(7)17/h1-5H,18H2,(H,19,20). The van der Waals surface area contributed by atoms with Gasteiger partial charge in [0.15, 0.2) is 11.6 Å². The average molecular weight is 308 g/mol. The first-order valence-electron chi connectivity index (χ1n) is 5.90. The largest absolute Gasteiger partial charge is 0.396 e. The van der Waals surface area contributed by atoms with E-state index in [9.17, 15) is 13.6 Å². The Morgan fingerprint density at radius 1 is 1.29 bits per heavy atom. The van der Waals surface area contributed by atoms with Crippen LogP contribution in [0.25, 0.3) is 11.0 Å². The minimum Gasteiger partial charge on any atom is -0.396 e. The highest BCUT2D eigenvalue weighted by Crippen LogP contribution is 2.28. The van der Waals surface area contributed by atoms with Gasteiger partial charge in [-0.3, -0.25) is 4.79 Å². The van der Waals surface area contributed by atoms with E-state index in [0.29, 0.717) is 11.0 Å². The number of nitrogens with two attached hydrogens (primary N) is 1. The first-order chi connectivity index (χ1) is 9.99. The number of aromatic amines is 1. The van der Waals surface area contributed by atoms with Crippen LogP contribution in [0.5, 0.6) is 0 Å². The van der Waals surface area contributed by atoms with Crippen molar-refractivity contribution in [2.24, 2.45) is 0 Å². The molecule has 0 radical (unpaired) electrons. The van der Waals surface area contributed by atoms with Crippen LogP contribution in [0.1, 0.15) is 15.9 Å². The molecule has 0 saturated carbocycles. The monoisotopic (exact) mass is 307 g/mol. The molecule has 0 unspecified atom stereocenters.